The van der Waals surface area contributed by atoms with Gasteiger partial charge in [0.05, 0.1) is 0 Å². The Morgan fingerprint density at radius 3 is 1.83 bits per heavy atom. The highest BCUT2D eigenvalue weighted by molar-refractivity contribution is 6.89. The van der Waals surface area contributed by atoms with Crippen LogP contribution in [0, 0.1) is 5.41 Å². The Kier molecular flexibility index (Phi) is 8.99. The maximum atomic E-state index is 6.85. The van der Waals surface area contributed by atoms with Crippen molar-refractivity contribution in [1.82, 2.24) is 0 Å². The molecule has 3 nitrogen and oxygen atoms in total. The number of nitrogens with zero attached hydrogens (tertiary/aromatic N) is 1. The number of fused-ring (bicyclic) bond motifs is 11. The Hall–Kier alpha value is -7.04. The van der Waals surface area contributed by atoms with Gasteiger partial charge in [-0.15, -0.1) is 0 Å². The van der Waals surface area contributed by atoms with Crippen LogP contribution in [-0.4, -0.2) is 6.71 Å². The summed E-state index contributed by atoms with van der Waals surface area (Å²) in [4.78, 5) is 2.51. The van der Waals surface area contributed by atoms with Gasteiger partial charge in [0.25, 0.3) is 0 Å². The van der Waals surface area contributed by atoms with Crippen LogP contribution >= 0.6 is 0 Å². The topological polar surface area (TPSA) is 29.5 Å². The van der Waals surface area contributed by atoms with Gasteiger partial charge in [-0.05, 0) is 134 Å². The van der Waals surface area contributed by atoms with E-state index < -0.39 is 0 Å². The van der Waals surface area contributed by atoms with E-state index in [4.69, 9.17) is 8.83 Å². The summed E-state index contributed by atoms with van der Waals surface area (Å²) in [5, 5.41) is 3.54. The van der Waals surface area contributed by atoms with Crippen molar-refractivity contribution in [3.8, 4) is 11.3 Å². The van der Waals surface area contributed by atoms with E-state index in [1.165, 1.54) is 82.9 Å². The Bertz CT molecular complexity index is 3640. The number of furan rings is 2. The lowest BCUT2D eigenvalue weighted by Crippen LogP contribution is -2.54. The van der Waals surface area contributed by atoms with Crippen LogP contribution in [0.4, 0.5) is 17.1 Å². The monoisotopic (exact) mass is 895 g/mol. The van der Waals surface area contributed by atoms with Crippen LogP contribution < -0.4 is 15.8 Å². The van der Waals surface area contributed by atoms with Gasteiger partial charge in [-0.1, -0.05) is 182 Å². The third-order valence-electron chi connectivity index (χ3n) is 15.9. The normalized spacial score (nSPS) is 17.2. The van der Waals surface area contributed by atoms with Crippen molar-refractivity contribution < 1.29 is 8.83 Å². The number of hydrogen-bond donors (Lipinski definition) is 0. The molecule has 0 N–H and O–H groups in total. The highest BCUT2D eigenvalue weighted by atomic mass is 16.3. The Labute approximate surface area is 407 Å². The van der Waals surface area contributed by atoms with Gasteiger partial charge in [0.2, 0.25) is 6.71 Å². The molecular formula is C65H58BNO2. The molecule has 4 heterocycles. The molecule has 0 fully saturated rings. The first kappa shape index (κ1) is 42.1. The van der Waals surface area contributed by atoms with E-state index in [0.29, 0.717) is 0 Å². The molecule has 0 bridgehead atoms. The van der Waals surface area contributed by atoms with Gasteiger partial charge in [-0.25, -0.2) is 0 Å². The fourth-order valence-electron chi connectivity index (χ4n) is 12.5. The molecule has 7 aromatic carbocycles. The van der Waals surface area contributed by atoms with Gasteiger partial charge < -0.3 is 13.7 Å². The van der Waals surface area contributed by atoms with Gasteiger partial charge >= 0.3 is 0 Å². The molecule has 4 aliphatic rings. The van der Waals surface area contributed by atoms with Crippen molar-refractivity contribution in [3.63, 3.8) is 0 Å². The standard InChI is InChI=1S/C65H58BNO2/c1-63(2,3)39-24-29-42(30-25-39)67(43-31-26-40(27-32-43)64(4,5)6)44-34-38-35-50-58-48(62-60(50)46-17-11-13-22-55(46)69-62)19-14-20-53(58)66-52-33-28-41(65(7,8)9)36-49(52)57(51(37-44)61(38)66)47-18-15-23-56-59(47)45-16-10-12-21-54(45)68-56/h10-32,34-37,52,57H,33H2,1-9H3. The molecule has 2 atom stereocenters. The van der Waals surface area contributed by atoms with Gasteiger partial charge in [0.1, 0.15) is 22.5 Å². The molecule has 338 valence electrons. The average Bonchev–Trinajstić information content (AvgIpc) is 3.97. The van der Waals surface area contributed by atoms with Gasteiger partial charge in [0, 0.05) is 50.3 Å². The summed E-state index contributed by atoms with van der Waals surface area (Å²) in [6.07, 6.45) is 8.67. The predicted octanol–water partition coefficient (Wildman–Crippen LogP) is 16.7. The van der Waals surface area contributed by atoms with Crippen LogP contribution in [0.1, 0.15) is 114 Å². The van der Waals surface area contributed by atoms with E-state index in [2.05, 4.69) is 231 Å². The molecule has 0 saturated heterocycles. The fourth-order valence-corrected chi connectivity index (χ4v) is 12.5. The SMILES string of the molecule is CC(C)(C)C1=CCC2B3c4cccc5c4C(=Cc4cc(N(c6ccc(C(C)(C)C)cc6)c6ccc(C(C)(C)C)cc6)cc(c43)C(c3cccc4oc6ccccc6c34)C2=C1)c1c-5oc2ccccc12. The Morgan fingerprint density at radius 1 is 0.536 bits per heavy atom. The number of hydrogen-bond acceptors (Lipinski definition) is 3. The number of para-hydroxylation sites is 2. The first-order valence-corrected chi connectivity index (χ1v) is 25.0. The molecule has 2 aliphatic carbocycles. The van der Waals surface area contributed by atoms with Gasteiger partial charge in [-0.2, -0.15) is 0 Å². The number of allylic oxidation sites excluding steroid dienone is 4. The van der Waals surface area contributed by atoms with Crippen molar-refractivity contribution in [2.24, 2.45) is 5.41 Å². The predicted molar refractivity (Wildman–Crippen MR) is 292 cm³/mol. The zero-order chi connectivity index (χ0) is 47.3. The lowest BCUT2D eigenvalue weighted by Gasteiger charge is -2.44. The molecule has 0 spiro atoms. The second-order valence-corrected chi connectivity index (χ2v) is 23.2. The molecule has 2 aromatic heterocycles. The summed E-state index contributed by atoms with van der Waals surface area (Å²) in [6.45, 7) is 21.0. The second-order valence-electron chi connectivity index (χ2n) is 23.2. The van der Waals surface area contributed by atoms with Crippen LogP contribution in [0.25, 0.3) is 55.9 Å². The highest BCUT2D eigenvalue weighted by Gasteiger charge is 2.49. The summed E-state index contributed by atoms with van der Waals surface area (Å²) in [5.74, 6) is 1.17. The molecule has 4 heteroatoms. The maximum absolute atomic E-state index is 6.85. The van der Waals surface area contributed by atoms with Gasteiger partial charge in [0.15, 0.2) is 0 Å². The summed E-state index contributed by atoms with van der Waals surface area (Å²) < 4.78 is 13.6. The van der Waals surface area contributed by atoms with Crippen molar-refractivity contribution in [1.29, 1.82) is 0 Å². The fraction of sp³-hybridized carbons (Fsp3) is 0.231. The van der Waals surface area contributed by atoms with Crippen LogP contribution in [0.3, 0.4) is 0 Å². The number of anilines is 3. The molecule has 9 aromatic rings. The third kappa shape index (κ3) is 6.40. The van der Waals surface area contributed by atoms with E-state index in [1.807, 2.05) is 0 Å². The Balaban J connectivity index is 1.16. The minimum atomic E-state index is -0.0427. The number of rotatable bonds is 4. The molecule has 2 aliphatic heterocycles. The largest absolute Gasteiger partial charge is 0.456 e. The summed E-state index contributed by atoms with van der Waals surface area (Å²) in [6, 6.07) is 54.7. The van der Waals surface area contributed by atoms with Gasteiger partial charge in [-0.3, -0.25) is 0 Å². The molecule has 0 radical (unpaired) electrons. The molecule has 0 amide bonds. The minimum absolute atomic E-state index is 0.0223. The molecule has 2 unspecified atom stereocenters. The molecular weight excluding hydrogens is 838 g/mol. The maximum Gasteiger partial charge on any atom is 0.218 e. The summed E-state index contributed by atoms with van der Waals surface area (Å²) in [5.41, 5.74) is 23.5. The summed E-state index contributed by atoms with van der Waals surface area (Å²) >= 11 is 0. The lowest BCUT2D eigenvalue weighted by molar-refractivity contribution is 0.509. The Morgan fingerprint density at radius 2 is 1.16 bits per heavy atom. The van der Waals surface area contributed by atoms with E-state index in [1.54, 1.807) is 0 Å². The minimum Gasteiger partial charge on any atom is -0.456 e. The van der Waals surface area contributed by atoms with Crippen molar-refractivity contribution >= 4 is 79.3 Å². The smallest absolute Gasteiger partial charge is 0.218 e. The van der Waals surface area contributed by atoms with Crippen LogP contribution in [0.2, 0.25) is 5.82 Å². The van der Waals surface area contributed by atoms with E-state index in [9.17, 15) is 0 Å². The van der Waals surface area contributed by atoms with Crippen LogP contribution in [0.5, 0.6) is 0 Å². The highest BCUT2D eigenvalue weighted by Crippen LogP contribution is 2.56. The first-order valence-electron chi connectivity index (χ1n) is 25.0. The molecule has 0 saturated carbocycles. The molecule has 69 heavy (non-hydrogen) atoms. The van der Waals surface area contributed by atoms with Crippen molar-refractivity contribution in [2.75, 3.05) is 4.90 Å². The lowest BCUT2D eigenvalue weighted by atomic mass is 9.27. The van der Waals surface area contributed by atoms with E-state index >= 15 is 0 Å². The average molecular weight is 896 g/mol. The van der Waals surface area contributed by atoms with E-state index in [0.717, 1.165) is 51.4 Å². The van der Waals surface area contributed by atoms with Crippen LogP contribution in [0.15, 0.2) is 178 Å². The number of benzene rings is 7. The van der Waals surface area contributed by atoms with Crippen molar-refractivity contribution in [3.05, 3.63) is 208 Å². The quantitative estimate of drug-likeness (QED) is 0.165. The zero-order valence-electron chi connectivity index (χ0n) is 41.3. The van der Waals surface area contributed by atoms with Crippen LogP contribution in [-0.2, 0) is 10.8 Å². The second kappa shape index (κ2) is 14.7. The first-order chi connectivity index (χ1) is 33.1. The third-order valence-corrected chi connectivity index (χ3v) is 15.9. The van der Waals surface area contributed by atoms with Crippen molar-refractivity contribution in [2.45, 2.75) is 91.3 Å². The zero-order valence-corrected chi connectivity index (χ0v) is 41.3. The summed E-state index contributed by atoms with van der Waals surface area (Å²) in [7, 11) is 0. The van der Waals surface area contributed by atoms with E-state index in [-0.39, 0.29) is 34.7 Å². The molecule has 13 rings (SSSR count).